The maximum atomic E-state index is 5.29. The van der Waals surface area contributed by atoms with E-state index in [1.807, 2.05) is 12.1 Å². The summed E-state index contributed by atoms with van der Waals surface area (Å²) in [6.45, 7) is 0.779. The topological polar surface area (TPSA) is 21.3 Å². The van der Waals surface area contributed by atoms with Crippen molar-refractivity contribution in [2.24, 2.45) is 0 Å². The average molecular weight is 456 g/mol. The number of hydrogen-bond acceptors (Lipinski definition) is 3. The van der Waals surface area contributed by atoms with Crippen LogP contribution < -0.4 is 10.1 Å². The van der Waals surface area contributed by atoms with Gasteiger partial charge in [-0.3, -0.25) is 0 Å². The highest BCUT2D eigenvalue weighted by molar-refractivity contribution is 9.11. The number of nitrogens with one attached hydrogen (secondary N) is 1. The van der Waals surface area contributed by atoms with Gasteiger partial charge in [-0.1, -0.05) is 0 Å². The van der Waals surface area contributed by atoms with Crippen LogP contribution in [0.3, 0.4) is 0 Å². The van der Waals surface area contributed by atoms with Crippen LogP contribution in [-0.4, -0.2) is 7.11 Å². The molecule has 0 fully saturated rings. The summed E-state index contributed by atoms with van der Waals surface area (Å²) in [7, 11) is 1.66. The quantitative estimate of drug-likeness (QED) is 0.642. The van der Waals surface area contributed by atoms with Gasteiger partial charge in [0.15, 0.2) is 0 Å². The van der Waals surface area contributed by atoms with Crippen LogP contribution in [0.1, 0.15) is 4.88 Å². The van der Waals surface area contributed by atoms with Gasteiger partial charge in [0.2, 0.25) is 0 Å². The molecule has 2 aromatic rings. The standard InChI is InChI=1S/C12H10Br3NOS/c1-17-11-5-10(8(14)4-9(11)15)16-6-12-7(13)2-3-18-12/h2-5,16H,6H2,1H3. The van der Waals surface area contributed by atoms with Crippen molar-refractivity contribution < 1.29 is 4.74 Å². The molecule has 2 rings (SSSR count). The zero-order chi connectivity index (χ0) is 13.1. The molecule has 6 heteroatoms. The Morgan fingerprint density at radius 1 is 1.17 bits per heavy atom. The Kier molecular flexibility index (Phi) is 5.12. The van der Waals surface area contributed by atoms with Gasteiger partial charge < -0.3 is 10.1 Å². The Bertz CT molecular complexity index is 556. The van der Waals surface area contributed by atoms with Crippen LogP contribution in [0.25, 0.3) is 0 Å². The van der Waals surface area contributed by atoms with Gasteiger partial charge in [0, 0.05) is 19.9 Å². The zero-order valence-electron chi connectivity index (χ0n) is 9.47. The van der Waals surface area contributed by atoms with Crippen molar-refractivity contribution in [3.05, 3.63) is 41.9 Å². The lowest BCUT2D eigenvalue weighted by Gasteiger charge is -2.11. The number of rotatable bonds is 4. The molecule has 0 spiro atoms. The third kappa shape index (κ3) is 3.29. The second-order valence-electron chi connectivity index (χ2n) is 3.51. The lowest BCUT2D eigenvalue weighted by Crippen LogP contribution is -1.99. The van der Waals surface area contributed by atoms with Crippen molar-refractivity contribution in [1.82, 2.24) is 0 Å². The van der Waals surface area contributed by atoms with Crippen molar-refractivity contribution in [2.75, 3.05) is 12.4 Å². The van der Waals surface area contributed by atoms with Crippen LogP contribution in [0.2, 0.25) is 0 Å². The second kappa shape index (κ2) is 6.41. The molecule has 18 heavy (non-hydrogen) atoms. The van der Waals surface area contributed by atoms with Gasteiger partial charge in [-0.15, -0.1) is 11.3 Å². The van der Waals surface area contributed by atoms with E-state index in [4.69, 9.17) is 4.74 Å². The second-order valence-corrected chi connectivity index (χ2v) is 7.08. The van der Waals surface area contributed by atoms with Crippen LogP contribution in [0.4, 0.5) is 5.69 Å². The lowest BCUT2D eigenvalue weighted by atomic mass is 10.3. The van der Waals surface area contributed by atoms with Gasteiger partial charge in [-0.05, 0) is 65.3 Å². The van der Waals surface area contributed by atoms with Crippen LogP contribution in [0, 0.1) is 0 Å². The normalized spacial score (nSPS) is 10.4. The minimum absolute atomic E-state index is 0.779. The van der Waals surface area contributed by atoms with E-state index in [2.05, 4.69) is 64.6 Å². The van der Waals surface area contributed by atoms with Gasteiger partial charge in [-0.2, -0.15) is 0 Å². The molecule has 1 heterocycles. The number of thiophene rings is 1. The Labute approximate surface area is 135 Å². The molecule has 0 aliphatic rings. The molecular weight excluding hydrogens is 446 g/mol. The summed E-state index contributed by atoms with van der Waals surface area (Å²) in [5.74, 6) is 0.811. The summed E-state index contributed by atoms with van der Waals surface area (Å²) in [5.41, 5.74) is 1.01. The number of hydrogen-bond donors (Lipinski definition) is 1. The molecule has 2 nitrogen and oxygen atoms in total. The minimum atomic E-state index is 0.779. The van der Waals surface area contributed by atoms with Crippen molar-refractivity contribution >= 4 is 64.8 Å². The summed E-state index contributed by atoms with van der Waals surface area (Å²) in [6.07, 6.45) is 0. The van der Waals surface area contributed by atoms with E-state index in [9.17, 15) is 0 Å². The first kappa shape index (κ1) is 14.4. The third-order valence-corrected chi connectivity index (χ3v) is 5.57. The Morgan fingerprint density at radius 3 is 2.56 bits per heavy atom. The van der Waals surface area contributed by atoms with E-state index in [1.54, 1.807) is 18.4 Å². The lowest BCUT2D eigenvalue weighted by molar-refractivity contribution is 0.412. The number of methoxy groups -OCH3 is 1. The molecule has 0 saturated heterocycles. The summed E-state index contributed by atoms with van der Waals surface area (Å²) in [6, 6.07) is 6.00. The van der Waals surface area contributed by atoms with Crippen molar-refractivity contribution in [1.29, 1.82) is 0 Å². The van der Waals surface area contributed by atoms with Crippen LogP contribution in [-0.2, 0) is 6.54 Å². The molecule has 0 amide bonds. The predicted molar refractivity (Wildman–Crippen MR) is 87.7 cm³/mol. The molecule has 0 atom stereocenters. The molecule has 1 aromatic carbocycles. The van der Waals surface area contributed by atoms with Crippen molar-refractivity contribution in [2.45, 2.75) is 6.54 Å². The van der Waals surface area contributed by atoms with Crippen LogP contribution in [0.5, 0.6) is 5.75 Å². The molecule has 0 saturated carbocycles. The molecule has 0 bridgehead atoms. The zero-order valence-corrected chi connectivity index (χ0v) is 15.0. The molecular formula is C12H10Br3NOS. The number of halogens is 3. The van der Waals surface area contributed by atoms with Gasteiger partial charge in [0.05, 0.1) is 23.8 Å². The van der Waals surface area contributed by atoms with E-state index >= 15 is 0 Å². The molecule has 0 unspecified atom stereocenters. The van der Waals surface area contributed by atoms with E-state index in [-0.39, 0.29) is 0 Å². The Balaban J connectivity index is 2.16. The smallest absolute Gasteiger partial charge is 0.135 e. The number of ether oxygens (including phenoxy) is 1. The maximum Gasteiger partial charge on any atom is 0.135 e. The third-order valence-electron chi connectivity index (χ3n) is 2.37. The van der Waals surface area contributed by atoms with Gasteiger partial charge >= 0.3 is 0 Å². The summed E-state index contributed by atoms with van der Waals surface area (Å²) >= 11 is 12.2. The monoisotopic (exact) mass is 453 g/mol. The summed E-state index contributed by atoms with van der Waals surface area (Å²) < 4.78 is 8.36. The molecule has 0 aliphatic carbocycles. The fourth-order valence-corrected chi connectivity index (χ4v) is 4.18. The van der Waals surface area contributed by atoms with E-state index in [0.29, 0.717) is 0 Å². The molecule has 96 valence electrons. The average Bonchev–Trinajstić information content (AvgIpc) is 2.74. The molecule has 0 radical (unpaired) electrons. The highest BCUT2D eigenvalue weighted by Crippen LogP contribution is 2.35. The highest BCUT2D eigenvalue weighted by Gasteiger charge is 2.08. The van der Waals surface area contributed by atoms with Gasteiger partial charge in [-0.25, -0.2) is 0 Å². The highest BCUT2D eigenvalue weighted by atomic mass is 79.9. The minimum Gasteiger partial charge on any atom is -0.495 e. The first-order chi connectivity index (χ1) is 8.61. The Hall–Kier alpha value is -0.0400. The van der Waals surface area contributed by atoms with E-state index in [1.165, 1.54) is 4.88 Å². The number of benzene rings is 1. The molecule has 0 aliphatic heterocycles. The fourth-order valence-electron chi connectivity index (χ4n) is 1.45. The van der Waals surface area contributed by atoms with Gasteiger partial charge in [0.25, 0.3) is 0 Å². The van der Waals surface area contributed by atoms with Crippen molar-refractivity contribution in [3.8, 4) is 5.75 Å². The molecule has 1 aromatic heterocycles. The first-order valence-corrected chi connectivity index (χ1v) is 8.36. The first-order valence-electron chi connectivity index (χ1n) is 5.10. The van der Waals surface area contributed by atoms with Crippen molar-refractivity contribution in [3.63, 3.8) is 0 Å². The van der Waals surface area contributed by atoms with E-state index in [0.717, 1.165) is 31.4 Å². The predicted octanol–water partition coefficient (Wildman–Crippen LogP) is 5.66. The number of anilines is 1. The fraction of sp³-hybridized carbons (Fsp3) is 0.167. The van der Waals surface area contributed by atoms with Crippen LogP contribution in [0.15, 0.2) is 37.0 Å². The maximum absolute atomic E-state index is 5.29. The van der Waals surface area contributed by atoms with Crippen LogP contribution >= 0.6 is 59.1 Å². The summed E-state index contributed by atoms with van der Waals surface area (Å²) in [5, 5.41) is 5.46. The SMILES string of the molecule is COc1cc(NCc2sccc2Br)c(Br)cc1Br. The largest absolute Gasteiger partial charge is 0.495 e. The Morgan fingerprint density at radius 2 is 1.94 bits per heavy atom. The molecule has 1 N–H and O–H groups in total. The van der Waals surface area contributed by atoms with Gasteiger partial charge in [0.1, 0.15) is 5.75 Å². The van der Waals surface area contributed by atoms with E-state index < -0.39 is 0 Å². The summed E-state index contributed by atoms with van der Waals surface area (Å²) in [4.78, 5) is 1.27.